The summed E-state index contributed by atoms with van der Waals surface area (Å²) < 4.78 is 32.4. The highest BCUT2D eigenvalue weighted by Crippen LogP contribution is 2.39. The lowest BCUT2D eigenvalue weighted by Crippen LogP contribution is -2.40. The SMILES string of the molecule is CN(C)CCN1C(=O)C(=O)/C(=C(/O)c2ccc(S(=O)(=O)N3CCOCC3)cc2)C1c1ccc([N+](=O)[O-])cc1. The molecule has 2 heterocycles. The molecule has 4 rings (SSSR count). The number of hydrogen-bond donors (Lipinski definition) is 1. The van der Waals surface area contributed by atoms with Gasteiger partial charge in [-0.2, -0.15) is 4.31 Å². The first-order valence-corrected chi connectivity index (χ1v) is 13.3. The second-order valence-electron chi connectivity index (χ2n) is 9.19. The third-order valence-electron chi connectivity index (χ3n) is 6.48. The van der Waals surface area contributed by atoms with E-state index in [4.69, 9.17) is 4.74 Å². The Balaban J connectivity index is 1.74. The average Bonchev–Trinajstić information content (AvgIpc) is 3.17. The number of nitro benzene ring substituents is 1. The lowest BCUT2D eigenvalue weighted by atomic mass is 9.95. The van der Waals surface area contributed by atoms with Gasteiger partial charge in [0, 0.05) is 43.9 Å². The minimum absolute atomic E-state index is 0.0225. The largest absolute Gasteiger partial charge is 0.507 e. The van der Waals surface area contributed by atoms with Gasteiger partial charge in [-0.1, -0.05) is 0 Å². The molecule has 202 valence electrons. The van der Waals surface area contributed by atoms with Crippen molar-refractivity contribution in [2.75, 3.05) is 53.5 Å². The number of rotatable bonds is 8. The summed E-state index contributed by atoms with van der Waals surface area (Å²) >= 11 is 0. The Labute approximate surface area is 219 Å². The van der Waals surface area contributed by atoms with Crippen LogP contribution in [0.25, 0.3) is 5.76 Å². The van der Waals surface area contributed by atoms with E-state index in [-0.39, 0.29) is 41.4 Å². The highest BCUT2D eigenvalue weighted by Gasteiger charge is 2.46. The minimum atomic E-state index is -3.77. The number of hydrogen-bond acceptors (Lipinski definition) is 9. The van der Waals surface area contributed by atoms with Crippen molar-refractivity contribution in [3.8, 4) is 0 Å². The number of nitro groups is 1. The second kappa shape index (κ2) is 11.0. The summed E-state index contributed by atoms with van der Waals surface area (Å²) in [5.74, 6) is -2.16. The van der Waals surface area contributed by atoms with Crippen molar-refractivity contribution >= 4 is 33.2 Å². The number of sulfonamides is 1. The van der Waals surface area contributed by atoms with Gasteiger partial charge in [0.25, 0.3) is 17.4 Å². The van der Waals surface area contributed by atoms with Crippen LogP contribution in [0.2, 0.25) is 0 Å². The summed E-state index contributed by atoms with van der Waals surface area (Å²) in [5, 5.41) is 22.3. The number of non-ortho nitro benzene ring substituents is 1. The van der Waals surface area contributed by atoms with Crippen molar-refractivity contribution in [2.24, 2.45) is 0 Å². The molecule has 1 amide bonds. The van der Waals surface area contributed by atoms with E-state index >= 15 is 0 Å². The molecule has 0 radical (unpaired) electrons. The van der Waals surface area contributed by atoms with E-state index in [1.165, 1.54) is 57.7 Å². The fourth-order valence-electron chi connectivity index (χ4n) is 4.42. The van der Waals surface area contributed by atoms with Gasteiger partial charge in [-0.15, -0.1) is 0 Å². The third-order valence-corrected chi connectivity index (χ3v) is 8.40. The Morgan fingerprint density at radius 2 is 1.68 bits per heavy atom. The van der Waals surface area contributed by atoms with Crippen LogP contribution in [0.5, 0.6) is 0 Å². The molecule has 13 heteroatoms. The number of aliphatic hydroxyl groups is 1. The third kappa shape index (κ3) is 5.31. The molecule has 1 atom stereocenters. The fraction of sp³-hybridized carbons (Fsp3) is 0.360. The van der Waals surface area contributed by atoms with E-state index in [0.29, 0.717) is 25.3 Å². The maximum absolute atomic E-state index is 13.1. The molecular formula is C25H28N4O8S. The van der Waals surface area contributed by atoms with Crippen molar-refractivity contribution in [1.29, 1.82) is 0 Å². The van der Waals surface area contributed by atoms with Crippen LogP contribution in [0.15, 0.2) is 59.0 Å². The molecule has 0 aromatic heterocycles. The van der Waals surface area contributed by atoms with Crippen LogP contribution in [0.3, 0.4) is 0 Å². The number of Topliss-reactive ketones (excluding diaryl/α,β-unsaturated/α-hetero) is 1. The monoisotopic (exact) mass is 544 g/mol. The van der Waals surface area contributed by atoms with Gasteiger partial charge in [0.2, 0.25) is 10.0 Å². The molecule has 2 saturated heterocycles. The number of ketones is 1. The highest BCUT2D eigenvalue weighted by molar-refractivity contribution is 7.89. The average molecular weight is 545 g/mol. The van der Waals surface area contributed by atoms with Gasteiger partial charge in [-0.3, -0.25) is 19.7 Å². The molecule has 38 heavy (non-hydrogen) atoms. The van der Waals surface area contributed by atoms with E-state index in [1.807, 2.05) is 19.0 Å². The zero-order chi connectivity index (χ0) is 27.6. The van der Waals surface area contributed by atoms with Crippen molar-refractivity contribution in [2.45, 2.75) is 10.9 Å². The first-order valence-electron chi connectivity index (χ1n) is 11.9. The molecule has 0 saturated carbocycles. The number of amides is 1. The smallest absolute Gasteiger partial charge is 0.295 e. The summed E-state index contributed by atoms with van der Waals surface area (Å²) in [6, 6.07) is 9.88. The van der Waals surface area contributed by atoms with Crippen molar-refractivity contribution in [3.05, 3.63) is 75.3 Å². The van der Waals surface area contributed by atoms with E-state index in [9.17, 15) is 33.2 Å². The van der Waals surface area contributed by atoms with Gasteiger partial charge in [0.15, 0.2) is 0 Å². The number of likely N-dealkylation sites (N-methyl/N-ethyl adjacent to an activating group) is 1. The van der Waals surface area contributed by atoms with Crippen LogP contribution >= 0.6 is 0 Å². The summed E-state index contributed by atoms with van der Waals surface area (Å²) in [4.78, 5) is 39.9. The topological polar surface area (TPSA) is 151 Å². The molecule has 2 aliphatic rings. The molecule has 12 nitrogen and oxygen atoms in total. The normalized spacial score (nSPS) is 20.3. The lowest BCUT2D eigenvalue weighted by molar-refractivity contribution is -0.384. The maximum Gasteiger partial charge on any atom is 0.295 e. The van der Waals surface area contributed by atoms with Gasteiger partial charge in [0.1, 0.15) is 5.76 Å². The summed E-state index contributed by atoms with van der Waals surface area (Å²) in [7, 11) is -0.147. The Morgan fingerprint density at radius 3 is 2.24 bits per heavy atom. The molecule has 0 aliphatic carbocycles. The molecule has 0 bridgehead atoms. The van der Waals surface area contributed by atoms with Crippen LogP contribution in [-0.2, 0) is 24.3 Å². The van der Waals surface area contributed by atoms with Crippen LogP contribution in [0.4, 0.5) is 5.69 Å². The number of morpholine rings is 1. The van der Waals surface area contributed by atoms with Gasteiger partial charge in [-0.25, -0.2) is 8.42 Å². The summed E-state index contributed by atoms with van der Waals surface area (Å²) in [5.41, 5.74) is 0.243. The number of nitrogens with zero attached hydrogens (tertiary/aromatic N) is 4. The summed E-state index contributed by atoms with van der Waals surface area (Å²) in [6.07, 6.45) is 0. The van der Waals surface area contributed by atoms with Crippen LogP contribution in [0.1, 0.15) is 17.2 Å². The fourth-order valence-corrected chi connectivity index (χ4v) is 5.83. The Bertz CT molecular complexity index is 1370. The van der Waals surface area contributed by atoms with Crippen LogP contribution in [-0.4, -0.2) is 97.7 Å². The molecule has 2 aromatic rings. The van der Waals surface area contributed by atoms with Crippen molar-refractivity contribution in [3.63, 3.8) is 0 Å². The number of ether oxygens (including phenoxy) is 1. The minimum Gasteiger partial charge on any atom is -0.507 e. The van der Waals surface area contributed by atoms with Gasteiger partial charge in [0.05, 0.1) is 34.6 Å². The molecule has 2 fully saturated rings. The molecule has 1 unspecified atom stereocenters. The maximum atomic E-state index is 13.1. The number of likely N-dealkylation sites (tertiary alicyclic amines) is 1. The van der Waals surface area contributed by atoms with E-state index in [1.54, 1.807) is 0 Å². The zero-order valence-electron chi connectivity index (χ0n) is 20.9. The van der Waals surface area contributed by atoms with Crippen molar-refractivity contribution < 1.29 is 32.8 Å². The van der Waals surface area contributed by atoms with E-state index in [0.717, 1.165) is 0 Å². The molecule has 2 aromatic carbocycles. The Hall–Kier alpha value is -3.65. The Kier molecular flexibility index (Phi) is 7.92. The summed E-state index contributed by atoms with van der Waals surface area (Å²) in [6.45, 7) is 1.67. The number of aliphatic hydroxyl groups excluding tert-OH is 1. The first-order chi connectivity index (χ1) is 18.0. The number of carbonyl (C=O) groups excluding carboxylic acids is 2. The lowest BCUT2D eigenvalue weighted by Gasteiger charge is -2.26. The van der Waals surface area contributed by atoms with E-state index in [2.05, 4.69) is 0 Å². The van der Waals surface area contributed by atoms with Gasteiger partial charge in [-0.05, 0) is 56.1 Å². The zero-order valence-corrected chi connectivity index (χ0v) is 21.8. The van der Waals surface area contributed by atoms with E-state index < -0.39 is 38.4 Å². The Morgan fingerprint density at radius 1 is 1.08 bits per heavy atom. The molecular weight excluding hydrogens is 516 g/mol. The standard InChI is InChI=1S/C25H28N4O8S/c1-26(2)11-12-28-22(17-3-7-19(8-4-17)29(33)34)21(24(31)25(28)32)23(30)18-5-9-20(10-6-18)38(35,36)27-13-15-37-16-14-27/h3-10,22,30H,11-16H2,1-2H3/b23-21+. The number of benzene rings is 2. The second-order valence-corrected chi connectivity index (χ2v) is 11.1. The van der Waals surface area contributed by atoms with Gasteiger partial charge < -0.3 is 19.6 Å². The van der Waals surface area contributed by atoms with Crippen LogP contribution in [0, 0.1) is 10.1 Å². The highest BCUT2D eigenvalue weighted by atomic mass is 32.2. The molecule has 2 aliphatic heterocycles. The quantitative estimate of drug-likeness (QED) is 0.172. The predicted octanol–water partition coefficient (Wildman–Crippen LogP) is 1.60. The molecule has 0 spiro atoms. The van der Waals surface area contributed by atoms with Crippen molar-refractivity contribution in [1.82, 2.24) is 14.1 Å². The first kappa shape index (κ1) is 27.4. The molecule has 1 N–H and O–H groups in total. The number of carbonyl (C=O) groups is 2. The van der Waals surface area contributed by atoms with Crippen LogP contribution < -0.4 is 0 Å². The predicted molar refractivity (Wildman–Crippen MR) is 137 cm³/mol. The van der Waals surface area contributed by atoms with Gasteiger partial charge >= 0.3 is 0 Å².